The van der Waals surface area contributed by atoms with Crippen molar-refractivity contribution in [1.82, 2.24) is 0 Å². The number of aliphatic hydroxyl groups excluding tert-OH is 1. The number of aliphatic hydroxyl groups is 1. The maximum Gasteiger partial charge on any atom is 0.0773 e. The normalized spacial score (nSPS) is 13.0. The van der Waals surface area contributed by atoms with Crippen LogP contribution in [0.15, 0.2) is 0 Å². The molecule has 0 amide bonds. The first-order valence-corrected chi connectivity index (χ1v) is 6.57. The molecule has 0 aliphatic rings. The predicted molar refractivity (Wildman–Crippen MR) is 65.1 cm³/mol. The molecular weight excluding hydrogens is 188 g/mol. The van der Waals surface area contributed by atoms with Crippen molar-refractivity contribution in [1.29, 1.82) is 0 Å². The van der Waals surface area contributed by atoms with Gasteiger partial charge in [0.2, 0.25) is 0 Å². The van der Waals surface area contributed by atoms with Gasteiger partial charge in [-0.05, 0) is 12.8 Å². The highest BCUT2D eigenvalue weighted by atomic mass is 16.5. The average molecular weight is 216 g/mol. The Kier molecular flexibility index (Phi) is 11.9. The molecule has 2 nitrogen and oxygen atoms in total. The highest BCUT2D eigenvalue weighted by Crippen LogP contribution is 2.05. The van der Waals surface area contributed by atoms with Crippen molar-refractivity contribution < 1.29 is 9.84 Å². The summed E-state index contributed by atoms with van der Waals surface area (Å²) in [4.78, 5) is 0. The fourth-order valence-corrected chi connectivity index (χ4v) is 1.62. The molecule has 0 aromatic rings. The van der Waals surface area contributed by atoms with Crippen molar-refractivity contribution in [3.8, 4) is 0 Å². The van der Waals surface area contributed by atoms with Gasteiger partial charge in [-0.25, -0.2) is 0 Å². The number of rotatable bonds is 11. The van der Waals surface area contributed by atoms with Gasteiger partial charge in [0.25, 0.3) is 0 Å². The molecule has 0 spiro atoms. The number of hydrogen-bond donors (Lipinski definition) is 1. The zero-order valence-corrected chi connectivity index (χ0v) is 10.5. The van der Waals surface area contributed by atoms with Gasteiger partial charge in [0, 0.05) is 6.61 Å². The van der Waals surface area contributed by atoms with Crippen LogP contribution in [-0.2, 0) is 4.74 Å². The standard InChI is InChI=1S/C13H28O2/c1-3-5-6-7-8-9-11-15-12-13(14)10-4-2/h13-14H,3-12H2,1-2H3. The molecule has 1 unspecified atom stereocenters. The van der Waals surface area contributed by atoms with Gasteiger partial charge < -0.3 is 9.84 Å². The third-order valence-electron chi connectivity index (χ3n) is 2.57. The first kappa shape index (κ1) is 14.9. The van der Waals surface area contributed by atoms with E-state index in [1.807, 2.05) is 0 Å². The van der Waals surface area contributed by atoms with Crippen LogP contribution < -0.4 is 0 Å². The van der Waals surface area contributed by atoms with Crippen LogP contribution in [-0.4, -0.2) is 24.4 Å². The lowest BCUT2D eigenvalue weighted by Gasteiger charge is -2.09. The van der Waals surface area contributed by atoms with E-state index in [0.717, 1.165) is 25.9 Å². The van der Waals surface area contributed by atoms with Crippen molar-refractivity contribution >= 4 is 0 Å². The molecule has 0 aliphatic heterocycles. The van der Waals surface area contributed by atoms with Crippen LogP contribution in [0, 0.1) is 0 Å². The topological polar surface area (TPSA) is 29.5 Å². The van der Waals surface area contributed by atoms with Crippen molar-refractivity contribution in [3.63, 3.8) is 0 Å². The summed E-state index contributed by atoms with van der Waals surface area (Å²) < 4.78 is 5.40. The molecule has 1 N–H and O–H groups in total. The average Bonchev–Trinajstić information content (AvgIpc) is 2.22. The molecule has 0 radical (unpaired) electrons. The second-order valence-corrected chi connectivity index (χ2v) is 4.29. The molecule has 0 rings (SSSR count). The van der Waals surface area contributed by atoms with Gasteiger partial charge in [0.05, 0.1) is 12.7 Å². The molecule has 2 heteroatoms. The molecule has 0 bridgehead atoms. The van der Waals surface area contributed by atoms with E-state index in [0.29, 0.717) is 6.61 Å². The van der Waals surface area contributed by atoms with Crippen LogP contribution in [0.4, 0.5) is 0 Å². The van der Waals surface area contributed by atoms with E-state index >= 15 is 0 Å². The molecule has 0 fully saturated rings. The highest BCUT2D eigenvalue weighted by Gasteiger charge is 2.01. The lowest BCUT2D eigenvalue weighted by Crippen LogP contribution is -2.15. The minimum atomic E-state index is -0.255. The van der Waals surface area contributed by atoms with E-state index in [4.69, 9.17) is 4.74 Å². The Hall–Kier alpha value is -0.0800. The maximum atomic E-state index is 9.40. The third kappa shape index (κ3) is 11.8. The number of unbranched alkanes of at least 4 members (excludes halogenated alkanes) is 5. The lowest BCUT2D eigenvalue weighted by atomic mass is 10.1. The summed E-state index contributed by atoms with van der Waals surface area (Å²) in [6.07, 6.45) is 9.39. The van der Waals surface area contributed by atoms with Crippen LogP contribution in [0.2, 0.25) is 0 Å². The Morgan fingerprint density at radius 3 is 2.27 bits per heavy atom. The van der Waals surface area contributed by atoms with Crippen molar-refractivity contribution in [2.45, 2.75) is 71.3 Å². The molecule has 1 atom stereocenters. The Labute approximate surface area is 95.0 Å². The van der Waals surface area contributed by atoms with Gasteiger partial charge in [-0.3, -0.25) is 0 Å². The van der Waals surface area contributed by atoms with E-state index in [9.17, 15) is 5.11 Å². The van der Waals surface area contributed by atoms with E-state index in [2.05, 4.69) is 13.8 Å². The molecule has 0 aromatic heterocycles. The minimum Gasteiger partial charge on any atom is -0.391 e. The lowest BCUT2D eigenvalue weighted by molar-refractivity contribution is 0.0307. The molecule has 15 heavy (non-hydrogen) atoms. The molecular formula is C13H28O2. The smallest absolute Gasteiger partial charge is 0.0773 e. The van der Waals surface area contributed by atoms with Gasteiger partial charge in [0.15, 0.2) is 0 Å². The zero-order chi connectivity index (χ0) is 11.4. The first-order chi connectivity index (χ1) is 7.31. The third-order valence-corrected chi connectivity index (χ3v) is 2.57. The second kappa shape index (κ2) is 12.0. The Morgan fingerprint density at radius 2 is 1.60 bits per heavy atom. The fraction of sp³-hybridized carbons (Fsp3) is 1.00. The summed E-state index contributed by atoms with van der Waals surface area (Å²) in [5.74, 6) is 0. The van der Waals surface area contributed by atoms with Crippen molar-refractivity contribution in [2.75, 3.05) is 13.2 Å². The van der Waals surface area contributed by atoms with Gasteiger partial charge in [-0.1, -0.05) is 52.4 Å². The molecule has 0 saturated carbocycles. The molecule has 0 aliphatic carbocycles. The molecule has 0 heterocycles. The summed E-state index contributed by atoms with van der Waals surface area (Å²) >= 11 is 0. The minimum absolute atomic E-state index is 0.255. The van der Waals surface area contributed by atoms with E-state index in [1.54, 1.807) is 0 Å². The van der Waals surface area contributed by atoms with Crippen LogP contribution in [0.3, 0.4) is 0 Å². The number of hydrogen-bond acceptors (Lipinski definition) is 2. The zero-order valence-electron chi connectivity index (χ0n) is 10.5. The van der Waals surface area contributed by atoms with Crippen LogP contribution in [0.5, 0.6) is 0 Å². The molecule has 92 valence electrons. The summed E-state index contributed by atoms with van der Waals surface area (Å²) in [5.41, 5.74) is 0. The Balaban J connectivity index is 2.98. The van der Waals surface area contributed by atoms with Crippen molar-refractivity contribution in [2.24, 2.45) is 0 Å². The summed E-state index contributed by atoms with van der Waals surface area (Å²) in [7, 11) is 0. The fourth-order valence-electron chi connectivity index (χ4n) is 1.62. The SMILES string of the molecule is CCCCCCCCOCC(O)CCC. The van der Waals surface area contributed by atoms with E-state index in [1.165, 1.54) is 32.1 Å². The van der Waals surface area contributed by atoms with Gasteiger partial charge >= 0.3 is 0 Å². The number of ether oxygens (including phenoxy) is 1. The first-order valence-electron chi connectivity index (χ1n) is 6.57. The second-order valence-electron chi connectivity index (χ2n) is 4.29. The van der Waals surface area contributed by atoms with Crippen LogP contribution in [0.25, 0.3) is 0 Å². The monoisotopic (exact) mass is 216 g/mol. The summed E-state index contributed by atoms with van der Waals surface area (Å²) in [6.45, 7) is 5.64. The van der Waals surface area contributed by atoms with Crippen molar-refractivity contribution in [3.05, 3.63) is 0 Å². The highest BCUT2D eigenvalue weighted by molar-refractivity contribution is 4.51. The van der Waals surface area contributed by atoms with Crippen LogP contribution in [0.1, 0.15) is 65.2 Å². The largest absolute Gasteiger partial charge is 0.391 e. The van der Waals surface area contributed by atoms with Crippen LogP contribution >= 0.6 is 0 Å². The maximum absolute atomic E-state index is 9.40. The summed E-state index contributed by atoms with van der Waals surface area (Å²) in [6, 6.07) is 0. The van der Waals surface area contributed by atoms with Gasteiger partial charge in [-0.15, -0.1) is 0 Å². The Bertz CT molecular complexity index is 115. The van der Waals surface area contributed by atoms with E-state index in [-0.39, 0.29) is 6.10 Å². The van der Waals surface area contributed by atoms with E-state index < -0.39 is 0 Å². The molecule has 0 aromatic carbocycles. The van der Waals surface area contributed by atoms with Gasteiger partial charge in [0.1, 0.15) is 0 Å². The Morgan fingerprint density at radius 1 is 0.933 bits per heavy atom. The molecule has 0 saturated heterocycles. The van der Waals surface area contributed by atoms with Gasteiger partial charge in [-0.2, -0.15) is 0 Å². The summed E-state index contributed by atoms with van der Waals surface area (Å²) in [5, 5.41) is 9.40. The predicted octanol–water partition coefficient (Wildman–Crippen LogP) is 3.52. The quantitative estimate of drug-likeness (QED) is 0.535.